The van der Waals surface area contributed by atoms with E-state index in [1.807, 2.05) is 11.7 Å². The third-order valence-corrected chi connectivity index (χ3v) is 7.55. The fraction of sp³-hybridized carbons (Fsp3) is 0.368. The van der Waals surface area contributed by atoms with E-state index in [0.717, 1.165) is 45.5 Å². The number of benzene rings is 1. The number of nitrogens with zero attached hydrogens (tertiary/aromatic N) is 4. The number of pyridine rings is 1. The number of ether oxygens (including phenoxy) is 1. The molecule has 0 amide bonds. The molecule has 0 N–H and O–H groups in total. The Labute approximate surface area is 156 Å². The van der Waals surface area contributed by atoms with E-state index in [2.05, 4.69) is 14.1 Å². The third kappa shape index (κ3) is 2.74. The lowest BCUT2D eigenvalue weighted by molar-refractivity contribution is 0.0700. The molecule has 2 aliphatic heterocycles. The quantitative estimate of drug-likeness (QED) is 0.615. The number of aromatic nitrogens is 3. The molecule has 0 aliphatic carbocycles. The van der Waals surface area contributed by atoms with Gasteiger partial charge in [-0.2, -0.15) is 0 Å². The van der Waals surface area contributed by atoms with Crippen molar-refractivity contribution in [1.29, 1.82) is 0 Å². The molecule has 0 bridgehead atoms. The largest absolute Gasteiger partial charge is 0.381 e. The van der Waals surface area contributed by atoms with Gasteiger partial charge in [-0.25, -0.2) is 9.37 Å². The van der Waals surface area contributed by atoms with Crippen LogP contribution in [0.25, 0.3) is 21.9 Å². The summed E-state index contributed by atoms with van der Waals surface area (Å²) in [7, 11) is -1.58. The summed E-state index contributed by atoms with van der Waals surface area (Å²) in [5, 5.41) is 2.73. The molecule has 140 valence electrons. The maximum atomic E-state index is 14.0. The van der Waals surface area contributed by atoms with Crippen molar-refractivity contribution in [2.75, 3.05) is 19.5 Å². The Bertz CT molecular complexity index is 1110. The number of nitroso groups, excluding NO2 is 1. The molecule has 4 heterocycles. The summed E-state index contributed by atoms with van der Waals surface area (Å²) in [6.45, 7) is 1.39. The van der Waals surface area contributed by atoms with E-state index in [-0.39, 0.29) is 11.9 Å². The van der Waals surface area contributed by atoms with Gasteiger partial charge < -0.3 is 9.30 Å². The molecule has 1 fully saturated rings. The monoisotopic (exact) mass is 386 g/mol. The molecule has 8 heteroatoms. The summed E-state index contributed by atoms with van der Waals surface area (Å²) in [6.07, 6.45) is 6.00. The highest BCUT2D eigenvalue weighted by Gasteiger charge is 2.37. The van der Waals surface area contributed by atoms with Crippen LogP contribution in [-0.2, 0) is 11.2 Å². The summed E-state index contributed by atoms with van der Waals surface area (Å²) in [5.41, 5.74) is 2.42. The molecule has 27 heavy (non-hydrogen) atoms. The van der Waals surface area contributed by atoms with Gasteiger partial charge in [-0.1, -0.05) is 10.2 Å². The van der Waals surface area contributed by atoms with Crippen molar-refractivity contribution in [1.82, 2.24) is 14.5 Å². The number of rotatable bonds is 4. The van der Waals surface area contributed by atoms with Crippen LogP contribution in [0.5, 0.6) is 0 Å². The van der Waals surface area contributed by atoms with E-state index < -0.39 is 10.2 Å². The van der Waals surface area contributed by atoms with E-state index in [0.29, 0.717) is 19.6 Å². The van der Waals surface area contributed by atoms with Crippen LogP contribution in [0.1, 0.15) is 24.7 Å². The number of halogens is 1. The average Bonchev–Trinajstić information content (AvgIpc) is 3.18. The predicted octanol–water partition coefficient (Wildman–Crippen LogP) is 4.59. The van der Waals surface area contributed by atoms with Gasteiger partial charge in [0.2, 0.25) is 0 Å². The molecule has 0 spiro atoms. The Hall–Kier alpha value is -2.32. The molecule has 2 aromatic heterocycles. The highest BCUT2D eigenvalue weighted by atomic mass is 32.3. The van der Waals surface area contributed by atoms with Gasteiger partial charge in [0.15, 0.2) is 0 Å². The molecule has 2 aliphatic rings. The first kappa shape index (κ1) is 16.8. The summed E-state index contributed by atoms with van der Waals surface area (Å²) >= 11 is 0. The molecule has 1 unspecified atom stereocenters. The number of allylic oxidation sites excluding steroid dienone is 1. The minimum atomic E-state index is -1.58. The molecular formula is C19H19FN4O2S. The summed E-state index contributed by atoms with van der Waals surface area (Å²) in [5.74, 6) is 0.603. The normalized spacial score (nSPS) is 25.3. The maximum Gasteiger partial charge on any atom is 0.124 e. The first-order valence-corrected chi connectivity index (χ1v) is 11.0. The average molecular weight is 386 g/mol. The summed E-state index contributed by atoms with van der Waals surface area (Å²) in [4.78, 5) is 21.4. The van der Waals surface area contributed by atoms with Crippen molar-refractivity contribution in [2.45, 2.75) is 25.3 Å². The molecular weight excluding hydrogens is 367 g/mol. The van der Waals surface area contributed by atoms with E-state index in [1.54, 1.807) is 12.3 Å². The van der Waals surface area contributed by atoms with Gasteiger partial charge in [0.25, 0.3) is 0 Å². The van der Waals surface area contributed by atoms with Crippen molar-refractivity contribution >= 4 is 32.2 Å². The number of hydrogen-bond donors (Lipinski definition) is 0. The Morgan fingerprint density at radius 1 is 1.33 bits per heavy atom. The van der Waals surface area contributed by atoms with Crippen LogP contribution in [0.3, 0.4) is 0 Å². The van der Waals surface area contributed by atoms with Crippen LogP contribution in [0.4, 0.5) is 4.39 Å². The third-order valence-electron chi connectivity index (χ3n) is 5.43. The second kappa shape index (κ2) is 6.10. The van der Waals surface area contributed by atoms with Crippen LogP contribution in [0.2, 0.25) is 0 Å². The number of imidazole rings is 1. The molecule has 6 nitrogen and oxygen atoms in total. The van der Waals surface area contributed by atoms with Crippen LogP contribution < -0.4 is 0 Å². The van der Waals surface area contributed by atoms with E-state index in [9.17, 15) is 9.30 Å². The van der Waals surface area contributed by atoms with Gasteiger partial charge >= 0.3 is 0 Å². The first-order chi connectivity index (χ1) is 13.1. The van der Waals surface area contributed by atoms with Crippen molar-refractivity contribution in [3.63, 3.8) is 0 Å². The lowest BCUT2D eigenvalue weighted by Gasteiger charge is -2.26. The topological polar surface area (TPSA) is 69.4 Å². The van der Waals surface area contributed by atoms with Crippen LogP contribution >= 0.6 is 10.2 Å². The van der Waals surface area contributed by atoms with Crippen LogP contribution in [0, 0.1) is 10.7 Å². The van der Waals surface area contributed by atoms with Crippen LogP contribution in [0.15, 0.2) is 39.3 Å². The Kier molecular flexibility index (Phi) is 3.80. The Morgan fingerprint density at radius 3 is 2.89 bits per heavy atom. The minimum Gasteiger partial charge on any atom is -0.381 e. The standard InChI is InChI=1S/C19H19FN4O2S/c1-27(23-25)11-14(27)9-18-22-17-10-21-16-3-2-12(20)8-15(16)19(17)24(18)13-4-6-26-7-5-13/h2-3,8,10-11,13H,4-7,9H2,1H3. The minimum absolute atomic E-state index is 0.234. The Balaban J connectivity index is 1.71. The molecule has 3 aromatic rings. The molecule has 0 radical (unpaired) electrons. The van der Waals surface area contributed by atoms with Crippen LogP contribution in [-0.4, -0.2) is 34.0 Å². The molecule has 1 atom stereocenters. The number of hydrogen-bond acceptors (Lipinski definition) is 5. The Morgan fingerprint density at radius 2 is 2.15 bits per heavy atom. The van der Waals surface area contributed by atoms with Crippen molar-refractivity contribution in [3.8, 4) is 0 Å². The molecule has 0 saturated carbocycles. The lowest BCUT2D eigenvalue weighted by atomic mass is 10.1. The number of fused-ring (bicyclic) bond motifs is 3. The SMILES string of the molecule is CS1(N=O)C=C1Cc1nc2cnc3ccc(F)cc3c2n1C1CCOCC1. The van der Waals surface area contributed by atoms with Gasteiger partial charge in [-0.3, -0.25) is 4.98 Å². The van der Waals surface area contributed by atoms with Crippen molar-refractivity contribution < 1.29 is 9.13 Å². The highest BCUT2D eigenvalue weighted by Crippen LogP contribution is 2.69. The van der Waals surface area contributed by atoms with E-state index in [1.165, 1.54) is 12.1 Å². The zero-order chi connectivity index (χ0) is 18.6. The second-order valence-electron chi connectivity index (χ2n) is 7.17. The predicted molar refractivity (Wildman–Crippen MR) is 105 cm³/mol. The van der Waals surface area contributed by atoms with E-state index in [4.69, 9.17) is 9.72 Å². The molecule has 1 aromatic carbocycles. The second-order valence-corrected chi connectivity index (χ2v) is 9.95. The fourth-order valence-electron chi connectivity index (χ4n) is 3.90. The highest BCUT2D eigenvalue weighted by molar-refractivity contribution is 8.42. The summed E-state index contributed by atoms with van der Waals surface area (Å²) < 4.78 is 25.0. The zero-order valence-corrected chi connectivity index (χ0v) is 15.7. The first-order valence-electron chi connectivity index (χ1n) is 8.95. The molecule has 1 saturated heterocycles. The smallest absolute Gasteiger partial charge is 0.124 e. The van der Waals surface area contributed by atoms with Crippen molar-refractivity contribution in [2.24, 2.45) is 4.58 Å². The van der Waals surface area contributed by atoms with Gasteiger partial charge in [-0.05, 0) is 47.3 Å². The van der Waals surface area contributed by atoms with E-state index >= 15 is 0 Å². The fourth-order valence-corrected chi connectivity index (χ4v) is 5.43. The van der Waals surface area contributed by atoms with Gasteiger partial charge in [0.1, 0.15) is 17.2 Å². The van der Waals surface area contributed by atoms with Gasteiger partial charge in [-0.15, -0.1) is 4.91 Å². The lowest BCUT2D eigenvalue weighted by Crippen LogP contribution is -2.21. The van der Waals surface area contributed by atoms with Gasteiger partial charge in [0, 0.05) is 36.0 Å². The van der Waals surface area contributed by atoms with Gasteiger partial charge in [0.05, 0.1) is 17.2 Å². The zero-order valence-electron chi connectivity index (χ0n) is 14.9. The summed E-state index contributed by atoms with van der Waals surface area (Å²) in [6, 6.07) is 4.89. The van der Waals surface area contributed by atoms with Crippen molar-refractivity contribution in [3.05, 3.63) is 51.3 Å². The molecule has 5 rings (SSSR count). The maximum absolute atomic E-state index is 14.0.